The second-order valence-electron chi connectivity index (χ2n) is 15.9. The predicted octanol–water partition coefficient (Wildman–Crippen LogP) is 6.39. The van der Waals surface area contributed by atoms with E-state index in [9.17, 15) is 9.50 Å². The van der Waals surface area contributed by atoms with Gasteiger partial charge in [0.2, 0.25) is 0 Å². The van der Waals surface area contributed by atoms with Gasteiger partial charge < -0.3 is 29.7 Å². The fraction of sp³-hybridized carbons (Fsp3) is 0.487. The molecule has 5 fully saturated rings. The number of ether oxygens (including phenoxy) is 2. The summed E-state index contributed by atoms with van der Waals surface area (Å²) in [5.74, 6) is 2.84. The predicted molar refractivity (Wildman–Crippen MR) is 190 cm³/mol. The van der Waals surface area contributed by atoms with Crippen molar-refractivity contribution >= 4 is 39.1 Å². The van der Waals surface area contributed by atoms with E-state index in [0.717, 1.165) is 82.8 Å². The molecule has 0 spiro atoms. The standard InChI is InChI=1S/C39H41ClFN5O3/c1-4-27-32(41)8-5-23-11-26(47)12-29(34(23)27)28-14-33-30(13-31(28)40)35(46-15-24-6-7-25(16-46)42-24)44-36(43-33)49-22-39(9-10-39)19-45-17-37(2)20-48-21-38(37,3)18-45/h1,5,8,11-14,24-25,42,47H,6-7,9-10,15-22H2,2-3H3/t24?,25?,37-,38+. The molecule has 2 bridgehead atoms. The van der Waals surface area contributed by atoms with Gasteiger partial charge in [0.1, 0.15) is 17.4 Å². The lowest BCUT2D eigenvalue weighted by Crippen LogP contribution is -2.51. The first-order valence-corrected chi connectivity index (χ1v) is 17.8. The first kappa shape index (κ1) is 31.3. The Bertz CT molecular complexity index is 2030. The van der Waals surface area contributed by atoms with Crippen molar-refractivity contribution in [3.8, 4) is 35.2 Å². The van der Waals surface area contributed by atoms with E-state index in [-0.39, 0.29) is 27.6 Å². The van der Waals surface area contributed by atoms with Crippen LogP contribution in [0.25, 0.3) is 32.8 Å². The van der Waals surface area contributed by atoms with Gasteiger partial charge in [-0.15, -0.1) is 6.42 Å². The summed E-state index contributed by atoms with van der Waals surface area (Å²) in [5.41, 5.74) is 2.39. The fourth-order valence-electron chi connectivity index (χ4n) is 9.07. The number of hydrogen-bond donors (Lipinski definition) is 2. The molecule has 2 N–H and O–H groups in total. The van der Waals surface area contributed by atoms with Crippen molar-refractivity contribution < 1.29 is 19.0 Å². The van der Waals surface area contributed by atoms with Gasteiger partial charge in [-0.3, -0.25) is 0 Å². The third kappa shape index (κ3) is 5.22. The van der Waals surface area contributed by atoms with Gasteiger partial charge >= 0.3 is 6.01 Å². The highest BCUT2D eigenvalue weighted by Gasteiger charge is 2.57. The van der Waals surface area contributed by atoms with E-state index in [2.05, 4.69) is 34.9 Å². The first-order chi connectivity index (χ1) is 23.5. The molecule has 4 saturated heterocycles. The van der Waals surface area contributed by atoms with Crippen LogP contribution in [-0.2, 0) is 4.74 Å². The average Bonchev–Trinajstić information content (AvgIpc) is 3.57. The zero-order valence-corrected chi connectivity index (χ0v) is 28.7. The number of terminal acetylenes is 1. The van der Waals surface area contributed by atoms with Crippen LogP contribution in [0.1, 0.15) is 45.1 Å². The van der Waals surface area contributed by atoms with Crippen molar-refractivity contribution in [1.29, 1.82) is 0 Å². The maximum atomic E-state index is 15.0. The summed E-state index contributed by atoms with van der Waals surface area (Å²) in [6.45, 7) is 11.7. The van der Waals surface area contributed by atoms with Gasteiger partial charge in [0.25, 0.3) is 0 Å². The molecule has 8 nitrogen and oxygen atoms in total. The molecular formula is C39H41ClFN5O3. The minimum absolute atomic E-state index is 0.0313. The first-order valence-electron chi connectivity index (χ1n) is 17.4. The van der Waals surface area contributed by atoms with Crippen LogP contribution in [0.2, 0.25) is 5.02 Å². The van der Waals surface area contributed by atoms with E-state index in [1.54, 1.807) is 18.2 Å². The Kier molecular flexibility index (Phi) is 7.13. The third-order valence-electron chi connectivity index (χ3n) is 12.2. The van der Waals surface area contributed by atoms with E-state index in [1.807, 2.05) is 12.1 Å². The van der Waals surface area contributed by atoms with Crippen molar-refractivity contribution in [3.63, 3.8) is 0 Å². The highest BCUT2D eigenvalue weighted by atomic mass is 35.5. The number of nitrogens with one attached hydrogen (secondary N) is 1. The van der Waals surface area contributed by atoms with E-state index < -0.39 is 5.82 Å². The van der Waals surface area contributed by atoms with E-state index in [0.29, 0.717) is 57.1 Å². The van der Waals surface area contributed by atoms with Crippen LogP contribution < -0.4 is 15.0 Å². The molecule has 3 aromatic carbocycles. The number of phenols is 1. The van der Waals surface area contributed by atoms with Crippen molar-refractivity contribution in [3.05, 3.63) is 52.8 Å². The summed E-state index contributed by atoms with van der Waals surface area (Å²) in [5, 5.41) is 16.8. The average molecular weight is 682 g/mol. The Morgan fingerprint density at radius 2 is 1.80 bits per heavy atom. The quantitative estimate of drug-likeness (QED) is 0.217. The SMILES string of the molecule is C#Cc1c(F)ccc2cc(O)cc(-c3cc4nc(OCC5(CN6C[C@]7(C)COC[C@]7(C)C6)CC5)nc(N5CC6CCC(C5)N6)c4cc3Cl)c12. The summed E-state index contributed by atoms with van der Waals surface area (Å²) < 4.78 is 27.4. The number of rotatable bonds is 7. The van der Waals surface area contributed by atoms with Crippen LogP contribution in [0.15, 0.2) is 36.4 Å². The zero-order chi connectivity index (χ0) is 33.7. The lowest BCUT2D eigenvalue weighted by Gasteiger charge is -2.34. The number of phenolic OH excluding ortho intramolecular Hbond substituents is 1. The molecule has 5 aliphatic rings. The molecule has 1 aliphatic carbocycles. The van der Waals surface area contributed by atoms with Gasteiger partial charge in [0, 0.05) is 82.4 Å². The van der Waals surface area contributed by atoms with Gasteiger partial charge in [0.15, 0.2) is 0 Å². The molecule has 2 unspecified atom stereocenters. The molecule has 1 aromatic heterocycles. The molecule has 49 heavy (non-hydrogen) atoms. The van der Waals surface area contributed by atoms with Crippen LogP contribution in [0.4, 0.5) is 10.2 Å². The van der Waals surface area contributed by atoms with Crippen molar-refractivity contribution in [2.75, 3.05) is 57.4 Å². The lowest BCUT2D eigenvalue weighted by molar-refractivity contribution is 0.112. The topological polar surface area (TPSA) is 83.0 Å². The number of anilines is 1. The molecule has 5 heterocycles. The molecule has 0 amide bonds. The van der Waals surface area contributed by atoms with Gasteiger partial charge in [-0.1, -0.05) is 37.4 Å². The second kappa shape index (κ2) is 11.2. The van der Waals surface area contributed by atoms with Crippen LogP contribution >= 0.6 is 11.6 Å². The number of aromatic nitrogens is 2. The maximum absolute atomic E-state index is 15.0. The zero-order valence-electron chi connectivity index (χ0n) is 28.0. The number of aromatic hydroxyl groups is 1. The monoisotopic (exact) mass is 681 g/mol. The van der Waals surface area contributed by atoms with Crippen molar-refractivity contribution in [2.24, 2.45) is 16.2 Å². The number of hydrogen-bond acceptors (Lipinski definition) is 8. The highest BCUT2D eigenvalue weighted by Crippen LogP contribution is 2.54. The Morgan fingerprint density at radius 3 is 2.49 bits per heavy atom. The Hall–Kier alpha value is -3.68. The highest BCUT2D eigenvalue weighted by molar-refractivity contribution is 6.35. The second-order valence-corrected chi connectivity index (χ2v) is 16.3. The smallest absolute Gasteiger partial charge is 0.318 e. The molecule has 4 aromatic rings. The van der Waals surface area contributed by atoms with Gasteiger partial charge in [-0.05, 0) is 67.0 Å². The normalized spacial score (nSPS) is 28.7. The van der Waals surface area contributed by atoms with Crippen molar-refractivity contribution in [1.82, 2.24) is 20.2 Å². The molecule has 0 radical (unpaired) electrons. The largest absolute Gasteiger partial charge is 0.508 e. The summed E-state index contributed by atoms with van der Waals surface area (Å²) in [7, 11) is 0. The summed E-state index contributed by atoms with van der Waals surface area (Å²) in [4.78, 5) is 15.0. The van der Waals surface area contributed by atoms with Crippen molar-refractivity contribution in [2.45, 2.75) is 51.6 Å². The molecule has 10 heteroatoms. The van der Waals surface area contributed by atoms with Crippen LogP contribution in [0, 0.1) is 34.4 Å². The van der Waals surface area contributed by atoms with E-state index in [1.165, 1.54) is 6.07 Å². The van der Waals surface area contributed by atoms with Crippen LogP contribution in [0.5, 0.6) is 11.8 Å². The fourth-order valence-corrected chi connectivity index (χ4v) is 9.33. The molecule has 254 valence electrons. The van der Waals surface area contributed by atoms with E-state index in [4.69, 9.17) is 37.5 Å². The minimum atomic E-state index is -0.504. The summed E-state index contributed by atoms with van der Waals surface area (Å²) >= 11 is 7.05. The van der Waals surface area contributed by atoms with Gasteiger partial charge in [-0.2, -0.15) is 9.97 Å². The van der Waals surface area contributed by atoms with Crippen LogP contribution in [-0.4, -0.2) is 84.6 Å². The number of nitrogens with zero attached hydrogens (tertiary/aromatic N) is 4. The molecule has 1 saturated carbocycles. The number of piperazine rings is 1. The number of fused-ring (bicyclic) bond motifs is 5. The van der Waals surface area contributed by atoms with Crippen LogP contribution in [0.3, 0.4) is 0 Å². The Morgan fingerprint density at radius 1 is 1.06 bits per heavy atom. The molecular weight excluding hydrogens is 641 g/mol. The number of benzene rings is 3. The maximum Gasteiger partial charge on any atom is 0.318 e. The molecule has 4 aliphatic heterocycles. The van der Waals surface area contributed by atoms with Gasteiger partial charge in [0.05, 0.1) is 30.9 Å². The molecule has 4 atom stereocenters. The number of likely N-dealkylation sites (tertiary alicyclic amines) is 1. The summed E-state index contributed by atoms with van der Waals surface area (Å²) in [6, 6.07) is 11.0. The van der Waals surface area contributed by atoms with Gasteiger partial charge in [-0.25, -0.2) is 4.39 Å². The Labute approximate surface area is 290 Å². The molecule has 9 rings (SSSR count). The lowest BCUT2D eigenvalue weighted by atomic mass is 9.71. The number of halogens is 2. The third-order valence-corrected chi connectivity index (χ3v) is 12.5. The summed E-state index contributed by atoms with van der Waals surface area (Å²) in [6.07, 6.45) is 10.3. The minimum Gasteiger partial charge on any atom is -0.508 e. The Balaban J connectivity index is 1.09. The van der Waals surface area contributed by atoms with E-state index >= 15 is 0 Å².